The second kappa shape index (κ2) is 8.89. The number of hydrogen-bond donors (Lipinski definition) is 2. The highest BCUT2D eigenvalue weighted by molar-refractivity contribution is 6.31. The van der Waals surface area contributed by atoms with Crippen LogP contribution in [0.25, 0.3) is 0 Å². The second-order valence-corrected chi connectivity index (χ2v) is 8.60. The number of nitrogens with zero attached hydrogens (tertiary/aromatic N) is 2. The molecule has 2 N–H and O–H groups in total. The molecule has 2 aliphatic rings. The maximum Gasteiger partial charge on any atom is 0.311 e. The quantitative estimate of drug-likeness (QED) is 0.676. The zero-order valence-electron chi connectivity index (χ0n) is 17.9. The number of amidine groups is 1. The summed E-state index contributed by atoms with van der Waals surface area (Å²) in [5, 5.41) is 14.2. The van der Waals surface area contributed by atoms with Crippen LogP contribution in [-0.4, -0.2) is 47.5 Å². The fourth-order valence-corrected chi connectivity index (χ4v) is 4.87. The van der Waals surface area contributed by atoms with Gasteiger partial charge >= 0.3 is 5.97 Å². The number of para-hydroxylation sites is 1. The largest absolute Gasteiger partial charge is 0.481 e. The van der Waals surface area contributed by atoms with Gasteiger partial charge in [0.2, 0.25) is 0 Å². The number of fused-ring (bicyclic) bond motifs is 2. The minimum atomic E-state index is -0.810. The van der Waals surface area contributed by atoms with Crippen LogP contribution >= 0.6 is 11.6 Å². The van der Waals surface area contributed by atoms with Crippen LogP contribution in [0, 0.1) is 5.41 Å². The Morgan fingerprint density at radius 2 is 2.10 bits per heavy atom. The average Bonchev–Trinajstić information content (AvgIpc) is 2.94. The smallest absolute Gasteiger partial charge is 0.311 e. The van der Waals surface area contributed by atoms with E-state index in [2.05, 4.69) is 10.2 Å². The van der Waals surface area contributed by atoms with Crippen molar-refractivity contribution in [3.63, 3.8) is 0 Å². The SMILES string of the molecule is CCC[C@@](CC)(C(=O)O)C1CN(C2=Nc3cc(Cl)ccc3Oc3ccccc32)CCN1. The van der Waals surface area contributed by atoms with Crippen LogP contribution in [-0.2, 0) is 4.79 Å². The number of benzene rings is 2. The molecule has 2 atom stereocenters. The van der Waals surface area contributed by atoms with Crippen molar-refractivity contribution in [3.05, 3.63) is 53.1 Å². The second-order valence-electron chi connectivity index (χ2n) is 8.16. The van der Waals surface area contributed by atoms with Crippen molar-refractivity contribution in [2.75, 3.05) is 19.6 Å². The highest BCUT2D eigenvalue weighted by Gasteiger charge is 2.45. The summed E-state index contributed by atoms with van der Waals surface area (Å²) in [4.78, 5) is 19.5. The lowest BCUT2D eigenvalue weighted by Gasteiger charge is -2.44. The number of rotatable bonds is 5. The summed E-state index contributed by atoms with van der Waals surface area (Å²) in [5.41, 5.74) is 0.751. The Bertz CT molecular complexity index is 1010. The first-order valence-electron chi connectivity index (χ1n) is 10.9. The third-order valence-corrected chi connectivity index (χ3v) is 6.63. The van der Waals surface area contributed by atoms with Crippen LogP contribution in [0.15, 0.2) is 47.5 Å². The van der Waals surface area contributed by atoms with Gasteiger partial charge in [0.1, 0.15) is 17.3 Å². The number of halogens is 1. The van der Waals surface area contributed by atoms with Gasteiger partial charge < -0.3 is 20.1 Å². The Balaban J connectivity index is 1.76. The molecule has 6 nitrogen and oxygen atoms in total. The molecule has 0 saturated carbocycles. The molecular formula is C24H28ClN3O3. The summed E-state index contributed by atoms with van der Waals surface area (Å²) in [5.74, 6) is 1.43. The Morgan fingerprint density at radius 3 is 2.84 bits per heavy atom. The summed E-state index contributed by atoms with van der Waals surface area (Å²) in [7, 11) is 0. The Kier molecular flexibility index (Phi) is 6.21. The molecule has 1 unspecified atom stereocenters. The van der Waals surface area contributed by atoms with Gasteiger partial charge in [-0.25, -0.2) is 4.99 Å². The van der Waals surface area contributed by atoms with E-state index in [1.54, 1.807) is 12.1 Å². The van der Waals surface area contributed by atoms with Crippen molar-refractivity contribution in [2.45, 2.75) is 39.2 Å². The lowest BCUT2D eigenvalue weighted by molar-refractivity contribution is -0.152. The summed E-state index contributed by atoms with van der Waals surface area (Å²) >= 11 is 6.23. The lowest BCUT2D eigenvalue weighted by Crippen LogP contribution is -2.61. The van der Waals surface area contributed by atoms with E-state index in [-0.39, 0.29) is 6.04 Å². The van der Waals surface area contributed by atoms with Crippen molar-refractivity contribution in [3.8, 4) is 11.5 Å². The number of hydrogen-bond acceptors (Lipinski definition) is 5. The fraction of sp³-hybridized carbons (Fsp3) is 0.417. The average molecular weight is 442 g/mol. The Labute approximate surface area is 187 Å². The van der Waals surface area contributed by atoms with Gasteiger partial charge in [-0.2, -0.15) is 0 Å². The van der Waals surface area contributed by atoms with Gasteiger partial charge in [-0.3, -0.25) is 4.79 Å². The van der Waals surface area contributed by atoms with Crippen molar-refractivity contribution in [2.24, 2.45) is 10.4 Å². The van der Waals surface area contributed by atoms with Gasteiger partial charge in [-0.1, -0.05) is 44.0 Å². The van der Waals surface area contributed by atoms with Crippen LogP contribution in [0.3, 0.4) is 0 Å². The third kappa shape index (κ3) is 4.02. The molecule has 0 bridgehead atoms. The van der Waals surface area contributed by atoms with Crippen LogP contribution in [0.2, 0.25) is 5.02 Å². The molecule has 0 aliphatic carbocycles. The highest BCUT2D eigenvalue weighted by Crippen LogP contribution is 2.40. The molecule has 2 aromatic rings. The van der Waals surface area contributed by atoms with Gasteiger partial charge in [0.25, 0.3) is 0 Å². The number of carboxylic acid groups (broad SMARTS) is 1. The number of carbonyl (C=O) groups is 1. The van der Waals surface area contributed by atoms with Gasteiger partial charge in [-0.05, 0) is 43.2 Å². The summed E-state index contributed by atoms with van der Waals surface area (Å²) in [6, 6.07) is 13.1. The standard InChI is InChI=1S/C24H28ClN3O3/c1-3-11-24(4-2,23(29)30)21-15-28(13-12-26-21)22-17-7-5-6-8-19(17)31-20-10-9-16(25)14-18(20)27-22/h5-10,14,21,26H,3-4,11-13,15H2,1-2H3,(H,29,30)/t21?,24-/m1/s1. The Morgan fingerprint density at radius 1 is 1.29 bits per heavy atom. The van der Waals surface area contributed by atoms with E-state index in [9.17, 15) is 9.90 Å². The maximum absolute atomic E-state index is 12.4. The molecule has 2 heterocycles. The zero-order valence-corrected chi connectivity index (χ0v) is 18.7. The van der Waals surface area contributed by atoms with E-state index < -0.39 is 11.4 Å². The first kappa shape index (κ1) is 21.7. The van der Waals surface area contributed by atoms with Crippen molar-refractivity contribution >= 4 is 29.1 Å². The normalized spacial score (nSPS) is 19.9. The number of piperazine rings is 1. The molecule has 7 heteroatoms. The molecular weight excluding hydrogens is 414 g/mol. The molecule has 1 fully saturated rings. The maximum atomic E-state index is 12.4. The summed E-state index contributed by atoms with van der Waals surface area (Å²) in [6.45, 7) is 5.98. The van der Waals surface area contributed by atoms with Crippen LogP contribution in [0.1, 0.15) is 38.7 Å². The predicted molar refractivity (Wildman–Crippen MR) is 123 cm³/mol. The minimum absolute atomic E-state index is 0.179. The first-order chi connectivity index (χ1) is 15.0. The molecule has 164 valence electrons. The molecule has 0 aromatic heterocycles. The lowest BCUT2D eigenvalue weighted by atomic mass is 9.73. The van der Waals surface area contributed by atoms with Crippen molar-refractivity contribution < 1.29 is 14.6 Å². The molecule has 0 spiro atoms. The molecule has 0 radical (unpaired) electrons. The molecule has 1 saturated heterocycles. The minimum Gasteiger partial charge on any atom is -0.481 e. The highest BCUT2D eigenvalue weighted by atomic mass is 35.5. The topological polar surface area (TPSA) is 74.2 Å². The van der Waals surface area contributed by atoms with Crippen molar-refractivity contribution in [1.29, 1.82) is 0 Å². The third-order valence-electron chi connectivity index (χ3n) is 6.39. The van der Waals surface area contributed by atoms with Crippen LogP contribution in [0.4, 0.5) is 5.69 Å². The molecule has 4 rings (SSSR count). The zero-order chi connectivity index (χ0) is 22.0. The van der Waals surface area contributed by atoms with Crippen LogP contribution < -0.4 is 10.1 Å². The van der Waals surface area contributed by atoms with E-state index >= 15 is 0 Å². The number of nitrogens with one attached hydrogen (secondary N) is 1. The number of aliphatic imine (C=N–C) groups is 1. The Hall–Kier alpha value is -2.57. The molecule has 2 aliphatic heterocycles. The van der Waals surface area contributed by atoms with E-state index in [1.165, 1.54) is 0 Å². The molecule has 0 amide bonds. The van der Waals surface area contributed by atoms with Gasteiger partial charge in [-0.15, -0.1) is 0 Å². The first-order valence-corrected chi connectivity index (χ1v) is 11.2. The van der Waals surface area contributed by atoms with Gasteiger partial charge in [0.05, 0.1) is 11.0 Å². The van der Waals surface area contributed by atoms with E-state index in [0.717, 1.165) is 30.1 Å². The number of aliphatic carboxylic acids is 1. The summed E-state index contributed by atoms with van der Waals surface area (Å²) < 4.78 is 6.16. The van der Waals surface area contributed by atoms with E-state index in [1.807, 2.05) is 44.2 Å². The predicted octanol–water partition coefficient (Wildman–Crippen LogP) is 5.08. The molecule has 31 heavy (non-hydrogen) atoms. The fourth-order valence-electron chi connectivity index (χ4n) is 4.70. The van der Waals surface area contributed by atoms with Crippen molar-refractivity contribution in [1.82, 2.24) is 10.2 Å². The number of carboxylic acids is 1. The van der Waals surface area contributed by atoms with E-state index in [4.69, 9.17) is 21.3 Å². The van der Waals surface area contributed by atoms with Gasteiger partial charge in [0.15, 0.2) is 5.75 Å². The molecule has 2 aromatic carbocycles. The van der Waals surface area contributed by atoms with Crippen LogP contribution in [0.5, 0.6) is 11.5 Å². The number of ether oxygens (including phenoxy) is 1. The summed E-state index contributed by atoms with van der Waals surface area (Å²) in [6.07, 6.45) is 2.03. The van der Waals surface area contributed by atoms with Gasteiger partial charge in [0, 0.05) is 30.7 Å². The monoisotopic (exact) mass is 441 g/mol. The van der Waals surface area contributed by atoms with E-state index in [0.29, 0.717) is 42.4 Å².